The summed E-state index contributed by atoms with van der Waals surface area (Å²) in [6, 6.07) is 8.92. The second-order valence-corrected chi connectivity index (χ2v) is 6.84. The molecule has 0 atom stereocenters. The maximum atomic E-state index is 12.4. The fraction of sp³-hybridized carbons (Fsp3) is 0.278. The molecule has 0 bridgehead atoms. The lowest BCUT2D eigenvalue weighted by Crippen LogP contribution is -2.14. The van der Waals surface area contributed by atoms with Gasteiger partial charge >= 0.3 is 11.4 Å². The van der Waals surface area contributed by atoms with Crippen LogP contribution in [0.2, 0.25) is 0 Å². The number of carbonyl (C=O) groups excluding carboxylic acids is 1. The van der Waals surface area contributed by atoms with Gasteiger partial charge in [0.2, 0.25) is 0 Å². The topological polar surface area (TPSA) is 125 Å². The van der Waals surface area contributed by atoms with E-state index in [1.54, 1.807) is 12.1 Å². The Bertz CT molecular complexity index is 865. The van der Waals surface area contributed by atoms with Crippen molar-refractivity contribution in [3.63, 3.8) is 0 Å². The fourth-order valence-corrected chi connectivity index (χ4v) is 2.48. The van der Waals surface area contributed by atoms with Crippen LogP contribution in [0.4, 0.5) is 17.1 Å². The normalized spacial score (nSPS) is 11.0. The Balaban J connectivity index is 2.37. The first-order chi connectivity index (χ1) is 12.5. The summed E-state index contributed by atoms with van der Waals surface area (Å²) in [6.07, 6.45) is 0. The SMILES string of the molecule is COc1c([N+](=O)[O-])cc(NC(=O)c2ccc(C(C)(C)C)cc2)cc1[N+](=O)[O-]. The van der Waals surface area contributed by atoms with E-state index in [1.807, 2.05) is 32.9 Å². The van der Waals surface area contributed by atoms with Gasteiger partial charge in [0.25, 0.3) is 11.7 Å². The number of nitro benzene ring substituents is 2. The van der Waals surface area contributed by atoms with E-state index in [0.29, 0.717) is 5.56 Å². The minimum atomic E-state index is -0.806. The third-order valence-corrected chi connectivity index (χ3v) is 3.92. The number of amides is 1. The summed E-state index contributed by atoms with van der Waals surface area (Å²) in [5, 5.41) is 24.8. The molecule has 0 aliphatic carbocycles. The molecule has 0 radical (unpaired) electrons. The maximum Gasteiger partial charge on any atom is 0.320 e. The zero-order valence-corrected chi connectivity index (χ0v) is 15.3. The minimum Gasteiger partial charge on any atom is -0.485 e. The summed E-state index contributed by atoms with van der Waals surface area (Å²) < 4.78 is 4.79. The van der Waals surface area contributed by atoms with E-state index in [0.717, 1.165) is 24.8 Å². The molecule has 0 fully saturated rings. The summed E-state index contributed by atoms with van der Waals surface area (Å²) in [4.78, 5) is 33.2. The highest BCUT2D eigenvalue weighted by molar-refractivity contribution is 6.04. The number of ether oxygens (including phenoxy) is 1. The third kappa shape index (κ3) is 4.38. The molecule has 2 aromatic rings. The first-order valence-corrected chi connectivity index (χ1v) is 7.97. The van der Waals surface area contributed by atoms with Crippen LogP contribution >= 0.6 is 0 Å². The quantitative estimate of drug-likeness (QED) is 0.622. The molecule has 9 nitrogen and oxygen atoms in total. The minimum absolute atomic E-state index is 0.0703. The molecule has 0 aliphatic heterocycles. The van der Waals surface area contributed by atoms with Crippen molar-refractivity contribution in [2.24, 2.45) is 0 Å². The molecule has 1 N–H and O–H groups in total. The molecule has 0 aromatic heterocycles. The van der Waals surface area contributed by atoms with Gasteiger partial charge in [0.1, 0.15) is 0 Å². The Morgan fingerprint density at radius 1 is 1.00 bits per heavy atom. The van der Waals surface area contributed by atoms with Crippen LogP contribution in [-0.2, 0) is 5.41 Å². The molecule has 0 unspecified atom stereocenters. The molecule has 0 heterocycles. The zero-order valence-electron chi connectivity index (χ0n) is 15.3. The molecule has 0 saturated carbocycles. The van der Waals surface area contributed by atoms with Gasteiger partial charge in [-0.05, 0) is 23.1 Å². The van der Waals surface area contributed by atoms with E-state index in [9.17, 15) is 25.0 Å². The number of nitrogens with zero attached hydrogens (tertiary/aromatic N) is 2. The first-order valence-electron chi connectivity index (χ1n) is 7.97. The van der Waals surface area contributed by atoms with Crippen molar-refractivity contribution in [1.29, 1.82) is 0 Å². The average Bonchev–Trinajstić information content (AvgIpc) is 2.60. The zero-order chi connectivity index (χ0) is 20.4. The summed E-state index contributed by atoms with van der Waals surface area (Å²) in [5.41, 5.74) is -0.000172. The fourth-order valence-electron chi connectivity index (χ4n) is 2.48. The molecule has 2 rings (SSSR count). The van der Waals surface area contributed by atoms with Crippen LogP contribution in [0.5, 0.6) is 5.75 Å². The predicted octanol–water partition coefficient (Wildman–Crippen LogP) is 4.06. The van der Waals surface area contributed by atoms with Gasteiger partial charge in [-0.3, -0.25) is 25.0 Å². The Kier molecular flexibility index (Phi) is 5.44. The number of nitro groups is 2. The Morgan fingerprint density at radius 2 is 1.48 bits per heavy atom. The van der Waals surface area contributed by atoms with Crippen molar-refractivity contribution >= 4 is 23.0 Å². The lowest BCUT2D eigenvalue weighted by atomic mass is 9.87. The van der Waals surface area contributed by atoms with Gasteiger partial charge in [-0.1, -0.05) is 32.9 Å². The highest BCUT2D eigenvalue weighted by atomic mass is 16.6. The van der Waals surface area contributed by atoms with Gasteiger partial charge in [-0.25, -0.2) is 0 Å². The largest absolute Gasteiger partial charge is 0.485 e. The molecule has 0 aliphatic rings. The number of anilines is 1. The van der Waals surface area contributed by atoms with Gasteiger partial charge in [-0.15, -0.1) is 0 Å². The van der Waals surface area contributed by atoms with Gasteiger partial charge in [0.05, 0.1) is 22.6 Å². The van der Waals surface area contributed by atoms with Crippen LogP contribution in [0.3, 0.4) is 0 Å². The monoisotopic (exact) mass is 373 g/mol. The van der Waals surface area contributed by atoms with Crippen molar-refractivity contribution in [2.45, 2.75) is 26.2 Å². The van der Waals surface area contributed by atoms with Crippen LogP contribution in [-0.4, -0.2) is 22.9 Å². The van der Waals surface area contributed by atoms with Gasteiger partial charge in [-0.2, -0.15) is 0 Å². The number of hydrogen-bond donors (Lipinski definition) is 1. The van der Waals surface area contributed by atoms with E-state index in [4.69, 9.17) is 4.74 Å². The van der Waals surface area contributed by atoms with Crippen molar-refractivity contribution in [2.75, 3.05) is 12.4 Å². The van der Waals surface area contributed by atoms with Gasteiger partial charge in [0, 0.05) is 17.7 Å². The molecule has 1 amide bonds. The number of hydrogen-bond acceptors (Lipinski definition) is 6. The standard InChI is InChI=1S/C18H19N3O6/c1-18(2,3)12-7-5-11(6-8-12)17(22)19-13-9-14(20(23)24)16(27-4)15(10-13)21(25)26/h5-10H,1-4H3,(H,19,22). The first kappa shape index (κ1) is 19.8. The van der Waals surface area contributed by atoms with E-state index in [2.05, 4.69) is 5.32 Å². The van der Waals surface area contributed by atoms with E-state index >= 15 is 0 Å². The van der Waals surface area contributed by atoms with Gasteiger partial charge < -0.3 is 10.1 Å². The molecule has 0 spiro atoms. The van der Waals surface area contributed by atoms with Crippen LogP contribution in [0.15, 0.2) is 36.4 Å². The second kappa shape index (κ2) is 7.40. The summed E-state index contributed by atoms with van der Waals surface area (Å²) in [6.45, 7) is 6.12. The molecule has 142 valence electrons. The van der Waals surface area contributed by atoms with E-state index < -0.39 is 32.9 Å². The number of carbonyl (C=O) groups is 1. The lowest BCUT2D eigenvalue weighted by molar-refractivity contribution is -0.395. The predicted molar refractivity (Wildman–Crippen MR) is 99.4 cm³/mol. The number of rotatable bonds is 5. The molecule has 0 saturated heterocycles. The van der Waals surface area contributed by atoms with E-state index in [1.165, 1.54) is 0 Å². The number of methoxy groups -OCH3 is 1. The summed E-state index contributed by atoms with van der Waals surface area (Å²) in [5.74, 6) is -1.01. The molecule has 27 heavy (non-hydrogen) atoms. The molecular weight excluding hydrogens is 354 g/mol. The highest BCUT2D eigenvalue weighted by Gasteiger charge is 2.28. The van der Waals surface area contributed by atoms with E-state index in [-0.39, 0.29) is 11.1 Å². The van der Waals surface area contributed by atoms with Crippen LogP contribution in [0.1, 0.15) is 36.7 Å². The van der Waals surface area contributed by atoms with Crippen LogP contribution in [0, 0.1) is 20.2 Å². The van der Waals surface area contributed by atoms with Crippen molar-refractivity contribution in [1.82, 2.24) is 0 Å². The van der Waals surface area contributed by atoms with Crippen molar-refractivity contribution in [3.8, 4) is 5.75 Å². The molecule has 9 heteroatoms. The third-order valence-electron chi connectivity index (χ3n) is 3.92. The van der Waals surface area contributed by atoms with Crippen LogP contribution < -0.4 is 10.1 Å². The van der Waals surface area contributed by atoms with Crippen molar-refractivity contribution < 1.29 is 19.4 Å². The Labute approximate surface area is 155 Å². The Morgan fingerprint density at radius 3 is 1.85 bits per heavy atom. The highest BCUT2D eigenvalue weighted by Crippen LogP contribution is 2.39. The average molecular weight is 373 g/mol. The maximum absolute atomic E-state index is 12.4. The summed E-state index contributed by atoms with van der Waals surface area (Å²) in [7, 11) is 1.10. The van der Waals surface area contributed by atoms with Gasteiger partial charge in [0.15, 0.2) is 0 Å². The van der Waals surface area contributed by atoms with Crippen LogP contribution in [0.25, 0.3) is 0 Å². The molecule has 2 aromatic carbocycles. The lowest BCUT2D eigenvalue weighted by Gasteiger charge is -2.19. The summed E-state index contributed by atoms with van der Waals surface area (Å²) >= 11 is 0. The number of benzene rings is 2. The van der Waals surface area contributed by atoms with Crippen molar-refractivity contribution in [3.05, 3.63) is 67.8 Å². The molecular formula is C18H19N3O6. The second-order valence-electron chi connectivity index (χ2n) is 6.84. The number of nitrogens with one attached hydrogen (secondary N) is 1. The Hall–Kier alpha value is -3.49. The smallest absolute Gasteiger partial charge is 0.320 e.